The molecule has 282 valence electrons. The highest BCUT2D eigenvalue weighted by atomic mass is 35.5. The molecule has 1 fully saturated rings. The Morgan fingerprint density at radius 2 is 1.76 bits per heavy atom. The Bertz CT molecular complexity index is 2290. The monoisotopic (exact) mass is 775 g/mol. The van der Waals surface area contributed by atoms with Crippen molar-refractivity contribution >= 4 is 40.7 Å². The van der Waals surface area contributed by atoms with Gasteiger partial charge in [0, 0.05) is 86.4 Å². The number of aliphatic hydroxyl groups is 1. The van der Waals surface area contributed by atoms with Crippen LogP contribution in [0.1, 0.15) is 30.4 Å². The summed E-state index contributed by atoms with van der Waals surface area (Å²) in [7, 11) is 6.48. The molecule has 0 radical (unpaired) electrons. The Kier molecular flexibility index (Phi) is 11.9. The number of fused-ring (bicyclic) bond motifs is 1. The van der Waals surface area contributed by atoms with Gasteiger partial charge in [-0.15, -0.1) is 0 Å². The normalized spacial score (nSPS) is 14.8. The van der Waals surface area contributed by atoms with Crippen molar-refractivity contribution < 1.29 is 23.8 Å². The molecule has 5 aromatic rings. The number of carbonyl (C=O) groups excluding carboxylic acids is 2. The van der Waals surface area contributed by atoms with Gasteiger partial charge in [-0.05, 0) is 31.2 Å². The molecule has 3 N–H and O–H groups in total. The zero-order valence-corrected chi connectivity index (χ0v) is 31.7. The number of nitrogens with zero attached hydrogens (tertiary/aromatic N) is 5. The van der Waals surface area contributed by atoms with E-state index in [1.165, 1.54) is 28.7 Å². The van der Waals surface area contributed by atoms with Crippen molar-refractivity contribution in [2.75, 3.05) is 34.8 Å². The second kappa shape index (κ2) is 16.6. The number of rotatable bonds is 13. The maximum Gasteiger partial charge on any atom is 0.262 e. The van der Waals surface area contributed by atoms with Crippen LogP contribution in [0.3, 0.4) is 0 Å². The second-order valence-corrected chi connectivity index (χ2v) is 14.1. The Labute approximate surface area is 321 Å². The fraction of sp³-hybridized carbons (Fsp3) is 0.308. The molecule has 0 unspecified atom stereocenters. The lowest BCUT2D eigenvalue weighted by Gasteiger charge is -2.25. The molecular weight excluding hydrogens is 736 g/mol. The molecule has 3 aromatic heterocycles. The minimum absolute atomic E-state index is 0.0255. The molecule has 1 aliphatic rings. The van der Waals surface area contributed by atoms with Gasteiger partial charge in [-0.2, -0.15) is 0 Å². The number of halogens is 3. The average Bonchev–Trinajstić information content (AvgIpc) is 3.59. The van der Waals surface area contributed by atoms with Gasteiger partial charge in [0.1, 0.15) is 11.5 Å². The van der Waals surface area contributed by atoms with E-state index in [2.05, 4.69) is 20.6 Å². The number of hydrogen-bond acceptors (Lipinski definition) is 9. The van der Waals surface area contributed by atoms with Crippen LogP contribution in [0.4, 0.5) is 4.39 Å². The van der Waals surface area contributed by atoms with Gasteiger partial charge < -0.3 is 25.4 Å². The van der Waals surface area contributed by atoms with Crippen LogP contribution < -0.4 is 20.9 Å². The minimum Gasteiger partial charge on any atom is -0.481 e. The molecule has 54 heavy (non-hydrogen) atoms. The number of carbonyl (C=O) groups is 2. The Balaban J connectivity index is 1.24. The predicted octanol–water partition coefficient (Wildman–Crippen LogP) is 5.14. The molecule has 0 bridgehead atoms. The van der Waals surface area contributed by atoms with Gasteiger partial charge in [0.2, 0.25) is 17.7 Å². The molecule has 2 aromatic carbocycles. The predicted molar refractivity (Wildman–Crippen MR) is 206 cm³/mol. The number of nitrogens with one attached hydrogen (secondary N) is 2. The molecule has 0 saturated carbocycles. The van der Waals surface area contributed by atoms with Crippen LogP contribution in [-0.4, -0.2) is 88.2 Å². The van der Waals surface area contributed by atoms with E-state index in [1.807, 2.05) is 29.2 Å². The number of aliphatic hydroxyl groups excluding tert-OH is 1. The third-order valence-corrected chi connectivity index (χ3v) is 10.2. The molecule has 2 amide bonds. The highest BCUT2D eigenvalue weighted by molar-refractivity contribution is 6.39. The lowest BCUT2D eigenvalue weighted by molar-refractivity contribution is -0.130. The summed E-state index contributed by atoms with van der Waals surface area (Å²) in [5.41, 5.74) is 4.18. The van der Waals surface area contributed by atoms with Crippen molar-refractivity contribution in [3.63, 3.8) is 0 Å². The Morgan fingerprint density at radius 3 is 2.43 bits per heavy atom. The maximum absolute atomic E-state index is 15.7. The first kappa shape index (κ1) is 38.8. The number of methoxy groups -OCH3 is 1. The number of pyridine rings is 2. The van der Waals surface area contributed by atoms with E-state index in [0.29, 0.717) is 61.9 Å². The summed E-state index contributed by atoms with van der Waals surface area (Å²) in [5.74, 6) is -0.635. The van der Waals surface area contributed by atoms with Crippen LogP contribution in [-0.2, 0) is 22.7 Å². The van der Waals surface area contributed by atoms with Gasteiger partial charge in [-0.25, -0.2) is 14.4 Å². The molecule has 4 heterocycles. The standard InChI is InChI=1S/C39H40Cl2FN7O5/c1-47(2)35(52)16-24(50)20-43-18-23-19-44-33-15-22(13-14-49(33)39(23)53)25-7-5-8-26(36(25)40)27-9-6-10-28(37(27)41)31-17-30(42)29(38(45-31)54-4)21-48(3)32-11-12-34(51)46-32/h5-10,13-15,17,19,24,32,43,50H,11-12,16,18,20-21H2,1-4H3,(H,46,51)/t24-,32-/m0/s1. The number of benzene rings is 2. The van der Waals surface area contributed by atoms with Crippen LogP contribution in [0.15, 0.2) is 71.8 Å². The zero-order valence-electron chi connectivity index (χ0n) is 30.2. The first-order chi connectivity index (χ1) is 25.9. The third kappa shape index (κ3) is 8.25. The molecule has 1 aliphatic heterocycles. The summed E-state index contributed by atoms with van der Waals surface area (Å²) in [6.07, 6.45) is 3.05. The fourth-order valence-corrected chi connectivity index (χ4v) is 7.05. The number of ether oxygens (including phenoxy) is 1. The van der Waals surface area contributed by atoms with Crippen LogP contribution in [0.25, 0.3) is 39.2 Å². The quantitative estimate of drug-likeness (QED) is 0.148. The fourth-order valence-electron chi connectivity index (χ4n) is 6.39. The molecule has 0 spiro atoms. The van der Waals surface area contributed by atoms with Gasteiger partial charge in [-0.1, -0.05) is 59.6 Å². The smallest absolute Gasteiger partial charge is 0.262 e. The third-order valence-electron chi connectivity index (χ3n) is 9.40. The van der Waals surface area contributed by atoms with Gasteiger partial charge in [0.15, 0.2) is 0 Å². The van der Waals surface area contributed by atoms with Crippen LogP contribution in [0, 0.1) is 5.82 Å². The molecule has 0 aliphatic carbocycles. The summed E-state index contributed by atoms with van der Waals surface area (Å²) in [5, 5.41) is 16.8. The first-order valence-corrected chi connectivity index (χ1v) is 18.0. The van der Waals surface area contributed by atoms with Crippen LogP contribution in [0.2, 0.25) is 10.0 Å². The van der Waals surface area contributed by atoms with E-state index >= 15 is 4.39 Å². The second-order valence-electron chi connectivity index (χ2n) is 13.4. The van der Waals surface area contributed by atoms with E-state index in [0.717, 1.165) is 0 Å². The van der Waals surface area contributed by atoms with Crippen molar-refractivity contribution in [2.24, 2.45) is 0 Å². The Morgan fingerprint density at radius 1 is 1.07 bits per heavy atom. The number of aromatic nitrogens is 3. The van der Waals surface area contributed by atoms with E-state index in [-0.39, 0.29) is 66.7 Å². The molecular formula is C39H40Cl2FN7O5. The van der Waals surface area contributed by atoms with E-state index in [1.54, 1.807) is 51.6 Å². The van der Waals surface area contributed by atoms with Crippen molar-refractivity contribution in [1.29, 1.82) is 0 Å². The van der Waals surface area contributed by atoms with E-state index in [4.69, 9.17) is 27.9 Å². The first-order valence-electron chi connectivity index (χ1n) is 17.3. The molecule has 12 nitrogen and oxygen atoms in total. The van der Waals surface area contributed by atoms with Crippen LogP contribution >= 0.6 is 23.2 Å². The summed E-state index contributed by atoms with van der Waals surface area (Å²) in [6, 6.07) is 15.7. The molecule has 15 heteroatoms. The van der Waals surface area contributed by atoms with Crippen molar-refractivity contribution in [1.82, 2.24) is 34.8 Å². The van der Waals surface area contributed by atoms with Crippen LogP contribution in [0.5, 0.6) is 5.88 Å². The summed E-state index contributed by atoms with van der Waals surface area (Å²) in [6.45, 7) is 0.472. The zero-order chi connectivity index (χ0) is 38.7. The maximum atomic E-state index is 15.7. The minimum atomic E-state index is -0.891. The van der Waals surface area contributed by atoms with Gasteiger partial charge in [0.25, 0.3) is 5.56 Å². The lowest BCUT2D eigenvalue weighted by Crippen LogP contribution is -2.40. The summed E-state index contributed by atoms with van der Waals surface area (Å²) in [4.78, 5) is 49.2. The van der Waals surface area contributed by atoms with Gasteiger partial charge in [-0.3, -0.25) is 23.7 Å². The highest BCUT2D eigenvalue weighted by Crippen LogP contribution is 2.42. The highest BCUT2D eigenvalue weighted by Gasteiger charge is 2.27. The van der Waals surface area contributed by atoms with Crippen molar-refractivity contribution in [3.05, 3.63) is 104 Å². The summed E-state index contributed by atoms with van der Waals surface area (Å²) < 4.78 is 22.7. The number of amides is 2. The summed E-state index contributed by atoms with van der Waals surface area (Å²) >= 11 is 14.1. The molecule has 2 atom stereocenters. The Hall–Kier alpha value is -4.92. The van der Waals surface area contributed by atoms with E-state index in [9.17, 15) is 19.5 Å². The van der Waals surface area contributed by atoms with Gasteiger partial charge in [0.05, 0.1) is 47.1 Å². The largest absolute Gasteiger partial charge is 0.481 e. The topological polar surface area (TPSA) is 141 Å². The average molecular weight is 777 g/mol. The lowest BCUT2D eigenvalue weighted by atomic mass is 9.97. The van der Waals surface area contributed by atoms with Gasteiger partial charge >= 0.3 is 0 Å². The number of hydrogen-bond donors (Lipinski definition) is 3. The van der Waals surface area contributed by atoms with Crippen molar-refractivity contribution in [2.45, 2.75) is 44.6 Å². The SMILES string of the molecule is COc1nc(-c2cccc(-c3cccc(-c4ccn5c(=O)c(CNC[C@@H](O)CC(=O)N(C)C)cnc5c4)c3Cl)c2Cl)cc(F)c1CN(C)[C@H]1CCC(=O)N1. The molecule has 1 saturated heterocycles. The molecule has 6 rings (SSSR count). The van der Waals surface area contributed by atoms with Crippen molar-refractivity contribution in [3.8, 4) is 39.4 Å². The van der Waals surface area contributed by atoms with E-state index < -0.39 is 11.9 Å².